The largest absolute Gasteiger partial charge is 0.497 e. The third-order valence-electron chi connectivity index (χ3n) is 5.26. The van der Waals surface area contributed by atoms with Gasteiger partial charge in [0.25, 0.3) is 0 Å². The lowest BCUT2D eigenvalue weighted by molar-refractivity contribution is -0.113. The van der Waals surface area contributed by atoms with Crippen molar-refractivity contribution in [2.24, 2.45) is 0 Å². The maximum atomic E-state index is 12.7. The number of anilines is 1. The molecule has 34 heavy (non-hydrogen) atoms. The number of carbonyl (C=O) groups is 1. The monoisotopic (exact) mass is 474 g/mol. The van der Waals surface area contributed by atoms with Gasteiger partial charge in [0.2, 0.25) is 12.7 Å². The van der Waals surface area contributed by atoms with Gasteiger partial charge in [-0.3, -0.25) is 9.36 Å². The summed E-state index contributed by atoms with van der Waals surface area (Å²) in [5, 5.41) is 12.3. The van der Waals surface area contributed by atoms with E-state index in [4.69, 9.17) is 14.2 Å². The number of aromatic nitrogens is 3. The number of methoxy groups -OCH3 is 1. The van der Waals surface area contributed by atoms with Crippen molar-refractivity contribution >= 4 is 23.4 Å². The average molecular weight is 475 g/mol. The van der Waals surface area contributed by atoms with E-state index in [9.17, 15) is 4.79 Å². The lowest BCUT2D eigenvalue weighted by Gasteiger charge is -2.11. The molecule has 2 heterocycles. The van der Waals surface area contributed by atoms with Crippen LogP contribution in [0.15, 0.2) is 71.9 Å². The number of nitrogens with zero attached hydrogens (tertiary/aromatic N) is 3. The molecule has 4 aromatic rings. The smallest absolute Gasteiger partial charge is 0.234 e. The highest BCUT2D eigenvalue weighted by Crippen LogP contribution is 2.34. The van der Waals surface area contributed by atoms with E-state index in [1.165, 1.54) is 11.8 Å². The number of thioether (sulfide) groups is 1. The Morgan fingerprint density at radius 1 is 1.03 bits per heavy atom. The van der Waals surface area contributed by atoms with Crippen LogP contribution in [0.3, 0.4) is 0 Å². The fourth-order valence-electron chi connectivity index (χ4n) is 3.52. The molecule has 0 fully saturated rings. The van der Waals surface area contributed by atoms with E-state index >= 15 is 0 Å². The lowest BCUT2D eigenvalue weighted by atomic mass is 10.2. The first-order chi connectivity index (χ1) is 16.6. The summed E-state index contributed by atoms with van der Waals surface area (Å²) in [5.41, 5.74) is 3.61. The van der Waals surface area contributed by atoms with Crippen LogP contribution in [0.5, 0.6) is 17.2 Å². The van der Waals surface area contributed by atoms with Gasteiger partial charge in [-0.05, 0) is 55.5 Å². The molecule has 1 aliphatic rings. The van der Waals surface area contributed by atoms with Gasteiger partial charge in [0.1, 0.15) is 5.75 Å². The lowest BCUT2D eigenvalue weighted by Crippen LogP contribution is -2.14. The Labute approximate surface area is 200 Å². The minimum Gasteiger partial charge on any atom is -0.497 e. The molecule has 0 unspecified atom stereocenters. The number of nitrogens with one attached hydrogen (secondary N) is 1. The van der Waals surface area contributed by atoms with Crippen molar-refractivity contribution in [2.75, 3.05) is 25.0 Å². The number of hydrogen-bond donors (Lipinski definition) is 1. The van der Waals surface area contributed by atoms with Crippen molar-refractivity contribution in [1.82, 2.24) is 14.8 Å². The van der Waals surface area contributed by atoms with Crippen LogP contribution in [-0.4, -0.2) is 40.3 Å². The quantitative estimate of drug-likeness (QED) is 0.388. The number of hydrogen-bond acceptors (Lipinski definition) is 7. The first-order valence-electron chi connectivity index (χ1n) is 10.6. The minimum absolute atomic E-state index is 0.159. The van der Waals surface area contributed by atoms with Crippen molar-refractivity contribution < 1.29 is 19.0 Å². The van der Waals surface area contributed by atoms with Crippen molar-refractivity contribution in [3.8, 4) is 34.3 Å². The van der Waals surface area contributed by atoms with E-state index in [-0.39, 0.29) is 18.5 Å². The summed E-state index contributed by atoms with van der Waals surface area (Å²) < 4.78 is 17.9. The summed E-state index contributed by atoms with van der Waals surface area (Å²) in [6, 6.07) is 21.1. The summed E-state index contributed by atoms with van der Waals surface area (Å²) >= 11 is 1.32. The molecule has 1 N–H and O–H groups in total. The predicted molar refractivity (Wildman–Crippen MR) is 130 cm³/mol. The second-order valence-corrected chi connectivity index (χ2v) is 8.55. The predicted octanol–water partition coefficient (Wildman–Crippen LogP) is 4.71. The Morgan fingerprint density at radius 2 is 1.79 bits per heavy atom. The molecule has 0 aliphatic carbocycles. The SMILES string of the molecule is COc1ccc(-c2nnc(SCC(=O)Nc3ccc4c(c3)OCO4)n2-c2ccc(C)cc2)cc1. The number of fused-ring (bicyclic) bond motifs is 1. The summed E-state index contributed by atoms with van der Waals surface area (Å²) in [7, 11) is 1.63. The zero-order valence-corrected chi connectivity index (χ0v) is 19.5. The minimum atomic E-state index is -0.159. The van der Waals surface area contributed by atoms with E-state index in [1.54, 1.807) is 25.3 Å². The van der Waals surface area contributed by atoms with Crippen molar-refractivity contribution in [2.45, 2.75) is 12.1 Å². The number of rotatable bonds is 7. The number of amides is 1. The van der Waals surface area contributed by atoms with Crippen LogP contribution in [0.2, 0.25) is 0 Å². The topological polar surface area (TPSA) is 87.5 Å². The van der Waals surface area contributed by atoms with Gasteiger partial charge in [0.15, 0.2) is 22.5 Å². The molecule has 9 heteroatoms. The summed E-state index contributed by atoms with van der Waals surface area (Å²) in [6.45, 7) is 2.23. The highest BCUT2D eigenvalue weighted by atomic mass is 32.2. The number of ether oxygens (including phenoxy) is 3. The molecule has 1 amide bonds. The van der Waals surface area contributed by atoms with Crippen LogP contribution < -0.4 is 19.5 Å². The number of aryl methyl sites for hydroxylation is 1. The highest BCUT2D eigenvalue weighted by molar-refractivity contribution is 7.99. The Kier molecular flexibility index (Phi) is 6.09. The molecule has 3 aromatic carbocycles. The van der Waals surface area contributed by atoms with Crippen LogP contribution in [0, 0.1) is 6.92 Å². The van der Waals surface area contributed by atoms with E-state index in [1.807, 2.05) is 60.0 Å². The molecule has 1 aliphatic heterocycles. The van der Waals surface area contributed by atoms with E-state index in [2.05, 4.69) is 15.5 Å². The second-order valence-electron chi connectivity index (χ2n) is 7.61. The number of benzene rings is 3. The third kappa shape index (κ3) is 4.55. The zero-order chi connectivity index (χ0) is 23.5. The normalized spacial score (nSPS) is 11.9. The van der Waals surface area contributed by atoms with Gasteiger partial charge in [0.05, 0.1) is 12.9 Å². The Hall–Kier alpha value is -3.98. The highest BCUT2D eigenvalue weighted by Gasteiger charge is 2.18. The standard InChI is InChI=1S/C25H22N4O4S/c1-16-3-8-19(9-4-16)29-24(17-5-10-20(31-2)11-6-17)27-28-25(29)34-14-23(30)26-18-7-12-21-22(13-18)33-15-32-21/h3-13H,14-15H2,1-2H3,(H,26,30). The fourth-order valence-corrected chi connectivity index (χ4v) is 4.27. The summed E-state index contributed by atoms with van der Waals surface area (Å²) in [6.07, 6.45) is 0. The Bertz CT molecular complexity index is 1320. The van der Waals surface area contributed by atoms with E-state index in [0.717, 1.165) is 22.6 Å². The Balaban J connectivity index is 1.37. The molecule has 0 radical (unpaired) electrons. The average Bonchev–Trinajstić information content (AvgIpc) is 3.50. The maximum Gasteiger partial charge on any atom is 0.234 e. The first-order valence-corrected chi connectivity index (χ1v) is 11.6. The van der Waals surface area contributed by atoms with Gasteiger partial charge in [-0.1, -0.05) is 29.5 Å². The van der Waals surface area contributed by atoms with E-state index < -0.39 is 0 Å². The molecule has 5 rings (SSSR count). The van der Waals surface area contributed by atoms with Gasteiger partial charge in [-0.25, -0.2) is 0 Å². The molecule has 1 aromatic heterocycles. The molecule has 0 saturated heterocycles. The molecular formula is C25H22N4O4S. The van der Waals surface area contributed by atoms with Gasteiger partial charge in [0, 0.05) is 23.0 Å². The van der Waals surface area contributed by atoms with Gasteiger partial charge >= 0.3 is 0 Å². The van der Waals surface area contributed by atoms with Crippen LogP contribution in [0.25, 0.3) is 17.1 Å². The van der Waals surface area contributed by atoms with E-state index in [0.29, 0.717) is 28.2 Å². The number of carbonyl (C=O) groups excluding carboxylic acids is 1. The van der Waals surface area contributed by atoms with Crippen molar-refractivity contribution in [1.29, 1.82) is 0 Å². The molecule has 0 bridgehead atoms. The molecular weight excluding hydrogens is 452 g/mol. The molecule has 8 nitrogen and oxygen atoms in total. The second kappa shape index (κ2) is 9.48. The third-order valence-corrected chi connectivity index (χ3v) is 6.19. The first kappa shape index (κ1) is 21.8. The zero-order valence-electron chi connectivity index (χ0n) is 18.6. The summed E-state index contributed by atoms with van der Waals surface area (Å²) in [5.74, 6) is 2.75. The Morgan fingerprint density at radius 3 is 2.56 bits per heavy atom. The fraction of sp³-hybridized carbons (Fsp3) is 0.160. The van der Waals surface area contributed by atoms with Gasteiger partial charge < -0.3 is 19.5 Å². The van der Waals surface area contributed by atoms with Crippen molar-refractivity contribution in [3.05, 3.63) is 72.3 Å². The van der Waals surface area contributed by atoms with Crippen LogP contribution in [-0.2, 0) is 4.79 Å². The summed E-state index contributed by atoms with van der Waals surface area (Å²) in [4.78, 5) is 12.7. The van der Waals surface area contributed by atoms with Crippen LogP contribution in [0.4, 0.5) is 5.69 Å². The molecule has 0 spiro atoms. The van der Waals surface area contributed by atoms with Crippen LogP contribution in [0.1, 0.15) is 5.56 Å². The molecule has 0 saturated carbocycles. The maximum absolute atomic E-state index is 12.7. The van der Waals surface area contributed by atoms with Crippen LogP contribution >= 0.6 is 11.8 Å². The molecule has 172 valence electrons. The van der Waals surface area contributed by atoms with Gasteiger partial charge in [-0.2, -0.15) is 0 Å². The molecule has 0 atom stereocenters. The van der Waals surface area contributed by atoms with Crippen molar-refractivity contribution in [3.63, 3.8) is 0 Å². The van der Waals surface area contributed by atoms with Gasteiger partial charge in [-0.15, -0.1) is 10.2 Å².